The molecular formula is C17H23NO3. The van der Waals surface area contributed by atoms with Crippen LogP contribution >= 0.6 is 0 Å². The fourth-order valence-electron chi connectivity index (χ4n) is 3.21. The monoisotopic (exact) mass is 289 g/mol. The molecule has 2 N–H and O–H groups in total. The van der Waals surface area contributed by atoms with Gasteiger partial charge in [0, 0.05) is 0 Å². The minimum absolute atomic E-state index is 0.102. The number of amides is 1. The summed E-state index contributed by atoms with van der Waals surface area (Å²) in [5.74, 6) is -1.92. The van der Waals surface area contributed by atoms with Crippen molar-refractivity contribution in [2.45, 2.75) is 45.6 Å². The molecule has 4 nitrogen and oxygen atoms in total. The molecule has 1 aromatic carbocycles. The van der Waals surface area contributed by atoms with Crippen LogP contribution < -0.4 is 5.32 Å². The Morgan fingerprint density at radius 2 is 1.81 bits per heavy atom. The summed E-state index contributed by atoms with van der Waals surface area (Å²) in [6.45, 7) is 3.96. The Morgan fingerprint density at radius 1 is 1.19 bits per heavy atom. The van der Waals surface area contributed by atoms with E-state index in [1.165, 1.54) is 0 Å². The second-order valence-corrected chi connectivity index (χ2v) is 5.92. The molecule has 3 unspecified atom stereocenters. The molecule has 0 saturated heterocycles. The average molecular weight is 289 g/mol. The number of rotatable bonds is 4. The van der Waals surface area contributed by atoms with Crippen molar-refractivity contribution in [3.05, 3.63) is 35.4 Å². The van der Waals surface area contributed by atoms with Crippen molar-refractivity contribution < 1.29 is 14.7 Å². The molecule has 4 heteroatoms. The van der Waals surface area contributed by atoms with Crippen molar-refractivity contribution in [2.24, 2.45) is 11.8 Å². The highest BCUT2D eigenvalue weighted by Crippen LogP contribution is 2.31. The van der Waals surface area contributed by atoms with Crippen LogP contribution in [0.1, 0.15) is 49.8 Å². The maximum atomic E-state index is 12.4. The number of hydrogen-bond acceptors (Lipinski definition) is 2. The second-order valence-electron chi connectivity index (χ2n) is 5.92. The fraction of sp³-hybridized carbons (Fsp3) is 0.529. The largest absolute Gasteiger partial charge is 0.481 e. The Hall–Kier alpha value is -1.84. The smallest absolute Gasteiger partial charge is 0.307 e. The van der Waals surface area contributed by atoms with E-state index in [-0.39, 0.29) is 11.9 Å². The molecule has 1 saturated carbocycles. The summed E-state index contributed by atoms with van der Waals surface area (Å²) < 4.78 is 0. The molecule has 1 amide bonds. The Morgan fingerprint density at radius 3 is 2.43 bits per heavy atom. The van der Waals surface area contributed by atoms with Crippen molar-refractivity contribution in [1.29, 1.82) is 0 Å². The second kappa shape index (κ2) is 6.74. The molecule has 0 heterocycles. The summed E-state index contributed by atoms with van der Waals surface area (Å²) in [5, 5.41) is 12.3. The zero-order valence-electron chi connectivity index (χ0n) is 12.6. The molecule has 1 aliphatic carbocycles. The number of aryl methyl sites for hydroxylation is 1. The number of nitrogens with one attached hydrogen (secondary N) is 1. The lowest BCUT2D eigenvalue weighted by molar-refractivity contribution is -0.149. The Kier molecular flexibility index (Phi) is 4.99. The van der Waals surface area contributed by atoms with Crippen LogP contribution in [0.15, 0.2) is 24.3 Å². The summed E-state index contributed by atoms with van der Waals surface area (Å²) in [7, 11) is 0. The molecule has 2 rings (SSSR count). The van der Waals surface area contributed by atoms with Gasteiger partial charge in [-0.2, -0.15) is 0 Å². The third-order valence-corrected chi connectivity index (χ3v) is 4.43. The lowest BCUT2D eigenvalue weighted by atomic mass is 9.78. The first-order valence-corrected chi connectivity index (χ1v) is 7.59. The van der Waals surface area contributed by atoms with Gasteiger partial charge < -0.3 is 10.4 Å². The summed E-state index contributed by atoms with van der Waals surface area (Å²) in [6.07, 6.45) is 3.10. The van der Waals surface area contributed by atoms with E-state index in [2.05, 4.69) is 5.32 Å². The lowest BCUT2D eigenvalue weighted by Gasteiger charge is -2.29. The van der Waals surface area contributed by atoms with Crippen molar-refractivity contribution in [3.8, 4) is 0 Å². The number of hydrogen-bond donors (Lipinski definition) is 2. The number of carbonyl (C=O) groups is 2. The van der Waals surface area contributed by atoms with Gasteiger partial charge in [0.25, 0.3) is 0 Å². The quantitative estimate of drug-likeness (QED) is 0.895. The third-order valence-electron chi connectivity index (χ3n) is 4.43. The Balaban J connectivity index is 2.06. The molecule has 114 valence electrons. The molecule has 21 heavy (non-hydrogen) atoms. The van der Waals surface area contributed by atoms with Crippen LogP contribution in [-0.4, -0.2) is 17.0 Å². The summed E-state index contributed by atoms with van der Waals surface area (Å²) >= 11 is 0. The summed E-state index contributed by atoms with van der Waals surface area (Å²) in [6, 6.07) is 7.82. The minimum Gasteiger partial charge on any atom is -0.481 e. The Bertz CT molecular complexity index is 527. The molecule has 0 aliphatic heterocycles. The van der Waals surface area contributed by atoms with E-state index in [9.17, 15) is 14.7 Å². The third kappa shape index (κ3) is 3.63. The van der Waals surface area contributed by atoms with E-state index in [0.717, 1.165) is 24.0 Å². The van der Waals surface area contributed by atoms with Gasteiger partial charge in [0.15, 0.2) is 0 Å². The minimum atomic E-state index is -0.849. The van der Waals surface area contributed by atoms with Crippen molar-refractivity contribution >= 4 is 11.9 Å². The molecule has 1 fully saturated rings. The van der Waals surface area contributed by atoms with Crippen molar-refractivity contribution in [2.75, 3.05) is 0 Å². The standard InChI is InChI=1S/C17H23NO3/c1-11-7-3-4-8-13(11)12(2)18-16(19)14-9-5-6-10-15(14)17(20)21/h3-4,7-8,12,14-15H,5-6,9-10H2,1-2H3,(H,18,19)(H,20,21). The maximum Gasteiger partial charge on any atom is 0.307 e. The molecule has 0 radical (unpaired) electrons. The highest BCUT2D eigenvalue weighted by atomic mass is 16.4. The van der Waals surface area contributed by atoms with E-state index >= 15 is 0 Å². The van der Waals surface area contributed by atoms with E-state index in [4.69, 9.17) is 0 Å². The number of aliphatic carboxylic acids is 1. The molecular weight excluding hydrogens is 266 g/mol. The van der Waals surface area contributed by atoms with Gasteiger partial charge in [-0.05, 0) is 37.8 Å². The van der Waals surface area contributed by atoms with Gasteiger partial charge >= 0.3 is 5.97 Å². The van der Waals surface area contributed by atoms with Crippen LogP contribution in [0.2, 0.25) is 0 Å². The molecule has 0 spiro atoms. The van der Waals surface area contributed by atoms with Gasteiger partial charge in [-0.15, -0.1) is 0 Å². The molecule has 1 aliphatic rings. The van der Waals surface area contributed by atoms with E-state index in [1.54, 1.807) is 0 Å². The van der Waals surface area contributed by atoms with Gasteiger partial charge in [-0.1, -0.05) is 37.1 Å². The lowest BCUT2D eigenvalue weighted by Crippen LogP contribution is -2.40. The van der Waals surface area contributed by atoms with Crippen LogP contribution in [0, 0.1) is 18.8 Å². The van der Waals surface area contributed by atoms with Gasteiger partial charge in [-0.25, -0.2) is 0 Å². The predicted molar refractivity (Wildman–Crippen MR) is 80.8 cm³/mol. The Labute approximate surface area is 125 Å². The topological polar surface area (TPSA) is 66.4 Å². The van der Waals surface area contributed by atoms with Crippen LogP contribution in [0.25, 0.3) is 0 Å². The first-order chi connectivity index (χ1) is 10.0. The van der Waals surface area contributed by atoms with Gasteiger partial charge in [0.05, 0.1) is 17.9 Å². The molecule has 3 atom stereocenters. The highest BCUT2D eigenvalue weighted by molar-refractivity contribution is 5.85. The van der Waals surface area contributed by atoms with Crippen LogP contribution in [-0.2, 0) is 9.59 Å². The van der Waals surface area contributed by atoms with Crippen molar-refractivity contribution in [3.63, 3.8) is 0 Å². The zero-order chi connectivity index (χ0) is 15.4. The summed E-state index contributed by atoms with van der Waals surface area (Å²) in [4.78, 5) is 23.7. The van der Waals surface area contributed by atoms with Crippen LogP contribution in [0.4, 0.5) is 0 Å². The first-order valence-electron chi connectivity index (χ1n) is 7.59. The number of carboxylic acid groups (broad SMARTS) is 1. The van der Waals surface area contributed by atoms with Gasteiger partial charge in [0.2, 0.25) is 5.91 Å². The normalized spacial score (nSPS) is 23.3. The van der Waals surface area contributed by atoms with Crippen LogP contribution in [0.5, 0.6) is 0 Å². The fourth-order valence-corrected chi connectivity index (χ4v) is 3.21. The first kappa shape index (κ1) is 15.5. The summed E-state index contributed by atoms with van der Waals surface area (Å²) in [5.41, 5.74) is 2.21. The predicted octanol–water partition coefficient (Wildman–Crippen LogP) is 3.06. The molecule has 1 aromatic rings. The van der Waals surface area contributed by atoms with Crippen molar-refractivity contribution in [1.82, 2.24) is 5.32 Å². The van der Waals surface area contributed by atoms with E-state index < -0.39 is 17.8 Å². The zero-order valence-corrected chi connectivity index (χ0v) is 12.6. The number of benzene rings is 1. The molecule has 0 aromatic heterocycles. The maximum absolute atomic E-state index is 12.4. The van der Waals surface area contributed by atoms with Crippen LogP contribution in [0.3, 0.4) is 0 Å². The highest BCUT2D eigenvalue weighted by Gasteiger charge is 2.36. The van der Waals surface area contributed by atoms with E-state index in [1.807, 2.05) is 38.1 Å². The molecule has 0 bridgehead atoms. The number of carboxylic acids is 1. The van der Waals surface area contributed by atoms with E-state index in [0.29, 0.717) is 12.8 Å². The van der Waals surface area contributed by atoms with Gasteiger partial charge in [0.1, 0.15) is 0 Å². The van der Waals surface area contributed by atoms with Gasteiger partial charge in [-0.3, -0.25) is 9.59 Å². The number of carbonyl (C=O) groups excluding carboxylic acids is 1. The average Bonchev–Trinajstić information content (AvgIpc) is 2.47. The SMILES string of the molecule is Cc1ccccc1C(C)NC(=O)C1CCCCC1C(=O)O.